The average Bonchev–Trinajstić information content (AvgIpc) is 2.71. The monoisotopic (exact) mass is 534 g/mol. The number of ether oxygens (including phenoxy) is 1. The largest absolute Gasteiger partial charge is 0.426 e. The van der Waals surface area contributed by atoms with Crippen LogP contribution in [0.5, 0.6) is 5.75 Å². The van der Waals surface area contributed by atoms with Crippen LogP contribution >= 0.6 is 27.7 Å². The molecular formula is C23H23BrN2O4S2. The molecule has 0 amide bonds. The van der Waals surface area contributed by atoms with E-state index < -0.39 is 15.4 Å². The molecule has 3 rings (SSSR count). The van der Waals surface area contributed by atoms with E-state index in [0.717, 1.165) is 9.37 Å². The van der Waals surface area contributed by atoms with Gasteiger partial charge in [0.25, 0.3) is 10.0 Å². The summed E-state index contributed by atoms with van der Waals surface area (Å²) in [6.07, 6.45) is 0. The molecule has 3 N–H and O–H groups in total. The number of nitrogens with one attached hydrogen (secondary N) is 1. The van der Waals surface area contributed by atoms with Crippen molar-refractivity contribution >= 4 is 55.1 Å². The molecule has 0 aliphatic heterocycles. The zero-order valence-electron chi connectivity index (χ0n) is 17.8. The van der Waals surface area contributed by atoms with Gasteiger partial charge >= 0.3 is 5.97 Å². The second-order valence-electron chi connectivity index (χ2n) is 8.03. The molecule has 0 heterocycles. The van der Waals surface area contributed by atoms with E-state index in [2.05, 4.69) is 20.7 Å². The summed E-state index contributed by atoms with van der Waals surface area (Å²) in [5.41, 5.74) is 6.35. The van der Waals surface area contributed by atoms with Crippen molar-refractivity contribution in [3.05, 3.63) is 71.2 Å². The first-order valence-electron chi connectivity index (χ1n) is 9.62. The number of hydrogen-bond donors (Lipinski definition) is 2. The average molecular weight is 535 g/mol. The third-order valence-corrected chi connectivity index (χ3v) is 7.27. The number of carbonyl (C=O) groups excluding carboxylic acids is 1. The Kier molecular flexibility index (Phi) is 7.22. The van der Waals surface area contributed by atoms with Gasteiger partial charge in [0.15, 0.2) is 0 Å². The minimum atomic E-state index is -3.77. The van der Waals surface area contributed by atoms with Crippen LogP contribution in [0, 0.1) is 5.41 Å². The lowest BCUT2D eigenvalue weighted by Crippen LogP contribution is -2.25. The Bertz CT molecular complexity index is 1220. The Morgan fingerprint density at radius 1 is 1.00 bits per heavy atom. The van der Waals surface area contributed by atoms with Gasteiger partial charge in [-0.2, -0.15) is 0 Å². The van der Waals surface area contributed by atoms with Crippen LogP contribution in [0.25, 0.3) is 0 Å². The number of halogens is 1. The van der Waals surface area contributed by atoms with Gasteiger partial charge in [0.2, 0.25) is 0 Å². The fraction of sp³-hybridized carbons (Fsp3) is 0.174. The lowest BCUT2D eigenvalue weighted by molar-refractivity contribution is -0.143. The molecule has 9 heteroatoms. The number of anilines is 2. The van der Waals surface area contributed by atoms with E-state index in [9.17, 15) is 13.2 Å². The molecule has 0 radical (unpaired) electrons. The summed E-state index contributed by atoms with van der Waals surface area (Å²) in [5.74, 6) is 0.151. The highest BCUT2D eigenvalue weighted by Crippen LogP contribution is 2.34. The molecule has 3 aromatic rings. The molecule has 3 aromatic carbocycles. The number of sulfonamides is 1. The normalized spacial score (nSPS) is 11.8. The lowest BCUT2D eigenvalue weighted by Gasteiger charge is -2.16. The zero-order chi connectivity index (χ0) is 23.5. The molecule has 0 aromatic heterocycles. The number of hydrogen-bond acceptors (Lipinski definition) is 6. The molecule has 0 aliphatic carbocycles. The van der Waals surface area contributed by atoms with Gasteiger partial charge in [-0.05, 0) is 87.5 Å². The molecule has 168 valence electrons. The third kappa shape index (κ3) is 6.27. The standard InChI is InChI=1S/C23H23BrN2O4S2/c1-23(2,3)22(27)30-17-8-10-18(11-9-17)31-21-13-12-19(14-20(21)25)32(28,29)26-16-6-4-15(24)5-7-16/h4-14,26H,25H2,1-3H3. The van der Waals surface area contributed by atoms with Crippen molar-refractivity contribution in [1.29, 1.82) is 0 Å². The first kappa shape index (κ1) is 24.2. The van der Waals surface area contributed by atoms with Crippen molar-refractivity contribution in [2.45, 2.75) is 35.5 Å². The number of rotatable bonds is 6. The molecule has 0 bridgehead atoms. The molecule has 6 nitrogen and oxygen atoms in total. The van der Waals surface area contributed by atoms with Crippen molar-refractivity contribution in [3.8, 4) is 5.75 Å². The van der Waals surface area contributed by atoms with Gasteiger partial charge in [-0.3, -0.25) is 9.52 Å². The second kappa shape index (κ2) is 9.56. The van der Waals surface area contributed by atoms with Crippen LogP contribution in [-0.2, 0) is 14.8 Å². The molecule has 0 saturated carbocycles. The third-order valence-electron chi connectivity index (χ3n) is 4.26. The minimum absolute atomic E-state index is 0.0757. The van der Waals surface area contributed by atoms with E-state index in [1.165, 1.54) is 23.9 Å². The number of nitrogens with two attached hydrogens (primary N) is 1. The summed E-state index contributed by atoms with van der Waals surface area (Å²) in [6.45, 7) is 5.38. The Hall–Kier alpha value is -2.49. The zero-order valence-corrected chi connectivity index (χ0v) is 21.0. The summed E-state index contributed by atoms with van der Waals surface area (Å²) in [7, 11) is -3.77. The van der Waals surface area contributed by atoms with Gasteiger partial charge in [0.1, 0.15) is 5.75 Å². The SMILES string of the molecule is CC(C)(C)C(=O)Oc1ccc(Sc2ccc(S(=O)(=O)Nc3ccc(Br)cc3)cc2N)cc1. The van der Waals surface area contributed by atoms with Gasteiger partial charge in [-0.15, -0.1) is 0 Å². The summed E-state index contributed by atoms with van der Waals surface area (Å²) in [5, 5.41) is 0. The van der Waals surface area contributed by atoms with Gasteiger partial charge in [-0.25, -0.2) is 8.42 Å². The van der Waals surface area contributed by atoms with Gasteiger partial charge in [-0.1, -0.05) is 27.7 Å². The van der Waals surface area contributed by atoms with Gasteiger partial charge in [0, 0.05) is 25.6 Å². The Balaban J connectivity index is 1.71. The first-order valence-corrected chi connectivity index (χ1v) is 12.7. The van der Waals surface area contributed by atoms with Crippen LogP contribution < -0.4 is 15.2 Å². The Morgan fingerprint density at radius 3 is 2.19 bits per heavy atom. The van der Waals surface area contributed by atoms with E-state index in [1.807, 2.05) is 12.1 Å². The Morgan fingerprint density at radius 2 is 1.62 bits per heavy atom. The highest BCUT2D eigenvalue weighted by molar-refractivity contribution is 9.10. The lowest BCUT2D eigenvalue weighted by atomic mass is 9.97. The van der Waals surface area contributed by atoms with Crippen LogP contribution in [-0.4, -0.2) is 14.4 Å². The highest BCUT2D eigenvalue weighted by Gasteiger charge is 2.23. The topological polar surface area (TPSA) is 98.5 Å². The molecule has 0 unspecified atom stereocenters. The van der Waals surface area contributed by atoms with Crippen LogP contribution in [0.3, 0.4) is 0 Å². The molecule has 0 fully saturated rings. The number of esters is 1. The number of benzene rings is 3. The predicted octanol–water partition coefficient (Wildman–Crippen LogP) is 5.93. The number of nitrogen functional groups attached to an aromatic ring is 1. The molecular weight excluding hydrogens is 512 g/mol. The van der Waals surface area contributed by atoms with E-state index in [0.29, 0.717) is 22.0 Å². The summed E-state index contributed by atoms with van der Waals surface area (Å²) in [6, 6.07) is 18.5. The molecule has 0 aliphatic rings. The maximum Gasteiger partial charge on any atom is 0.316 e. The van der Waals surface area contributed by atoms with Crippen molar-refractivity contribution in [3.63, 3.8) is 0 Å². The van der Waals surface area contributed by atoms with E-state index in [1.54, 1.807) is 63.2 Å². The summed E-state index contributed by atoms with van der Waals surface area (Å²) >= 11 is 4.70. The molecule has 0 atom stereocenters. The predicted molar refractivity (Wildman–Crippen MR) is 131 cm³/mol. The molecule has 0 spiro atoms. The van der Waals surface area contributed by atoms with Crippen molar-refractivity contribution in [2.24, 2.45) is 5.41 Å². The smallest absolute Gasteiger partial charge is 0.316 e. The highest BCUT2D eigenvalue weighted by atomic mass is 79.9. The van der Waals surface area contributed by atoms with Crippen LogP contribution in [0.1, 0.15) is 20.8 Å². The molecule has 32 heavy (non-hydrogen) atoms. The van der Waals surface area contributed by atoms with Crippen molar-refractivity contribution in [1.82, 2.24) is 0 Å². The maximum atomic E-state index is 12.7. The van der Waals surface area contributed by atoms with E-state index in [4.69, 9.17) is 10.5 Å². The second-order valence-corrected chi connectivity index (χ2v) is 11.7. The van der Waals surface area contributed by atoms with E-state index >= 15 is 0 Å². The minimum Gasteiger partial charge on any atom is -0.426 e. The summed E-state index contributed by atoms with van der Waals surface area (Å²) < 4.78 is 34.1. The first-order chi connectivity index (χ1) is 14.9. The van der Waals surface area contributed by atoms with Crippen LogP contribution in [0.15, 0.2) is 85.9 Å². The van der Waals surface area contributed by atoms with E-state index in [-0.39, 0.29) is 10.9 Å². The number of carbonyl (C=O) groups is 1. The van der Waals surface area contributed by atoms with Gasteiger partial charge in [0.05, 0.1) is 10.3 Å². The quantitative estimate of drug-likeness (QED) is 0.231. The summed E-state index contributed by atoms with van der Waals surface area (Å²) in [4.78, 5) is 13.7. The van der Waals surface area contributed by atoms with Crippen LogP contribution in [0.2, 0.25) is 0 Å². The fourth-order valence-corrected chi connectivity index (χ4v) is 4.68. The van der Waals surface area contributed by atoms with Crippen molar-refractivity contribution in [2.75, 3.05) is 10.5 Å². The van der Waals surface area contributed by atoms with Crippen molar-refractivity contribution < 1.29 is 17.9 Å². The van der Waals surface area contributed by atoms with Crippen LogP contribution in [0.4, 0.5) is 11.4 Å². The maximum absolute atomic E-state index is 12.7. The molecule has 0 saturated heterocycles. The van der Waals surface area contributed by atoms with Gasteiger partial charge < -0.3 is 10.5 Å². The fourth-order valence-electron chi connectivity index (χ4n) is 2.48. The Labute approximate surface area is 200 Å².